The third-order valence-electron chi connectivity index (χ3n) is 3.70. The number of nitrogens with zero attached hydrogens (tertiary/aromatic N) is 3. The van der Waals surface area contributed by atoms with Crippen LogP contribution in [0.3, 0.4) is 0 Å². The molecule has 1 aliphatic rings. The monoisotopic (exact) mass is 292 g/mol. The SMILES string of the molecule is CC1CC(CNC(=O)N(C)Cc2cnccn2)CC(C)O1. The Morgan fingerprint density at radius 2 is 2.10 bits per heavy atom. The molecule has 0 aliphatic carbocycles. The van der Waals surface area contributed by atoms with Crippen LogP contribution in [0.5, 0.6) is 0 Å². The van der Waals surface area contributed by atoms with E-state index in [0.29, 0.717) is 19.0 Å². The van der Waals surface area contributed by atoms with Crippen molar-refractivity contribution in [2.24, 2.45) is 5.92 Å². The summed E-state index contributed by atoms with van der Waals surface area (Å²) in [6.45, 7) is 5.33. The molecule has 6 nitrogen and oxygen atoms in total. The predicted molar refractivity (Wildman–Crippen MR) is 79.6 cm³/mol. The van der Waals surface area contributed by atoms with Crippen molar-refractivity contribution in [3.63, 3.8) is 0 Å². The average molecular weight is 292 g/mol. The highest BCUT2D eigenvalue weighted by Crippen LogP contribution is 2.23. The summed E-state index contributed by atoms with van der Waals surface area (Å²) in [5.74, 6) is 0.484. The molecule has 2 amide bonds. The Kier molecular flexibility index (Phi) is 5.50. The van der Waals surface area contributed by atoms with E-state index in [9.17, 15) is 4.79 Å². The van der Waals surface area contributed by atoms with Crippen LogP contribution in [0.4, 0.5) is 4.79 Å². The first-order valence-electron chi connectivity index (χ1n) is 7.44. The number of hydrogen-bond acceptors (Lipinski definition) is 4. The van der Waals surface area contributed by atoms with Gasteiger partial charge in [-0.15, -0.1) is 0 Å². The summed E-state index contributed by atoms with van der Waals surface area (Å²) in [4.78, 5) is 21.9. The Morgan fingerprint density at radius 3 is 2.71 bits per heavy atom. The van der Waals surface area contributed by atoms with Crippen LogP contribution in [0.25, 0.3) is 0 Å². The Morgan fingerprint density at radius 1 is 1.38 bits per heavy atom. The first-order valence-corrected chi connectivity index (χ1v) is 7.44. The molecule has 0 saturated carbocycles. The van der Waals surface area contributed by atoms with Crippen molar-refractivity contribution in [3.8, 4) is 0 Å². The molecule has 1 aromatic rings. The highest BCUT2D eigenvalue weighted by Gasteiger charge is 2.24. The van der Waals surface area contributed by atoms with Gasteiger partial charge in [-0.25, -0.2) is 4.79 Å². The molecule has 1 aliphatic heterocycles. The molecule has 0 radical (unpaired) electrons. The second-order valence-electron chi connectivity index (χ2n) is 5.83. The van der Waals surface area contributed by atoms with Crippen molar-refractivity contribution in [1.29, 1.82) is 0 Å². The van der Waals surface area contributed by atoms with Gasteiger partial charge in [0.05, 0.1) is 30.6 Å². The molecule has 1 fully saturated rings. The Hall–Kier alpha value is -1.69. The third-order valence-corrected chi connectivity index (χ3v) is 3.70. The van der Waals surface area contributed by atoms with Crippen LogP contribution in [-0.2, 0) is 11.3 Å². The van der Waals surface area contributed by atoms with E-state index in [0.717, 1.165) is 18.5 Å². The van der Waals surface area contributed by atoms with E-state index < -0.39 is 0 Å². The van der Waals surface area contributed by atoms with Gasteiger partial charge in [0.1, 0.15) is 0 Å². The summed E-state index contributed by atoms with van der Waals surface area (Å²) in [6.07, 6.45) is 7.46. The lowest BCUT2D eigenvalue weighted by atomic mass is 9.92. The van der Waals surface area contributed by atoms with Crippen LogP contribution in [0.1, 0.15) is 32.4 Å². The van der Waals surface area contributed by atoms with Gasteiger partial charge in [0, 0.05) is 26.0 Å². The number of rotatable bonds is 4. The Balaban J connectivity index is 1.76. The molecular formula is C15H24N4O2. The molecule has 2 unspecified atom stereocenters. The normalized spacial score (nSPS) is 25.4. The number of carbonyl (C=O) groups is 1. The first kappa shape index (κ1) is 15.7. The van der Waals surface area contributed by atoms with Gasteiger partial charge >= 0.3 is 6.03 Å². The van der Waals surface area contributed by atoms with Crippen LogP contribution >= 0.6 is 0 Å². The van der Waals surface area contributed by atoms with Gasteiger partial charge in [0.2, 0.25) is 0 Å². The summed E-state index contributed by atoms with van der Waals surface area (Å²) >= 11 is 0. The fraction of sp³-hybridized carbons (Fsp3) is 0.667. The summed E-state index contributed by atoms with van der Waals surface area (Å²) < 4.78 is 5.71. The maximum absolute atomic E-state index is 12.1. The molecule has 6 heteroatoms. The van der Waals surface area contributed by atoms with E-state index in [2.05, 4.69) is 29.1 Å². The second kappa shape index (κ2) is 7.36. The minimum atomic E-state index is -0.0764. The van der Waals surface area contributed by atoms with Crippen molar-refractivity contribution < 1.29 is 9.53 Å². The van der Waals surface area contributed by atoms with Crippen LogP contribution in [-0.4, -0.2) is 46.7 Å². The largest absolute Gasteiger partial charge is 0.376 e. The molecule has 0 spiro atoms. The molecule has 0 aromatic carbocycles. The van der Waals surface area contributed by atoms with E-state index in [1.807, 2.05) is 0 Å². The zero-order valence-corrected chi connectivity index (χ0v) is 13.0. The molecule has 21 heavy (non-hydrogen) atoms. The topological polar surface area (TPSA) is 67.4 Å². The molecule has 1 N–H and O–H groups in total. The number of urea groups is 1. The van der Waals surface area contributed by atoms with Crippen molar-refractivity contribution in [2.45, 2.75) is 45.4 Å². The highest BCUT2D eigenvalue weighted by molar-refractivity contribution is 5.73. The van der Waals surface area contributed by atoms with E-state index in [1.54, 1.807) is 30.5 Å². The van der Waals surface area contributed by atoms with Crippen molar-refractivity contribution in [3.05, 3.63) is 24.3 Å². The van der Waals surface area contributed by atoms with Gasteiger partial charge < -0.3 is 15.0 Å². The maximum Gasteiger partial charge on any atom is 0.317 e. The lowest BCUT2D eigenvalue weighted by molar-refractivity contribution is -0.0512. The van der Waals surface area contributed by atoms with Crippen molar-refractivity contribution in [2.75, 3.05) is 13.6 Å². The Labute approximate surface area is 125 Å². The zero-order valence-electron chi connectivity index (χ0n) is 13.0. The lowest BCUT2D eigenvalue weighted by Crippen LogP contribution is -2.42. The second-order valence-corrected chi connectivity index (χ2v) is 5.83. The summed E-state index contributed by atoms with van der Waals surface area (Å²) in [5, 5.41) is 3.00. The smallest absolute Gasteiger partial charge is 0.317 e. The molecule has 1 aromatic heterocycles. The van der Waals surface area contributed by atoms with Gasteiger partial charge in [-0.1, -0.05) is 0 Å². The molecule has 2 heterocycles. The van der Waals surface area contributed by atoms with Gasteiger partial charge in [0.15, 0.2) is 0 Å². The molecule has 0 bridgehead atoms. The minimum Gasteiger partial charge on any atom is -0.376 e. The van der Waals surface area contributed by atoms with Crippen molar-refractivity contribution >= 4 is 6.03 Å². The standard InChI is InChI=1S/C15H24N4O2/c1-11-6-13(7-12(2)21-11)8-18-15(20)19(3)10-14-9-16-4-5-17-14/h4-5,9,11-13H,6-8,10H2,1-3H3,(H,18,20). The van der Waals surface area contributed by atoms with Gasteiger partial charge in [-0.3, -0.25) is 9.97 Å². The number of carbonyl (C=O) groups excluding carboxylic acids is 1. The van der Waals surface area contributed by atoms with Gasteiger partial charge in [0.25, 0.3) is 0 Å². The van der Waals surface area contributed by atoms with E-state index in [1.165, 1.54) is 0 Å². The number of ether oxygens (including phenoxy) is 1. The number of hydrogen-bond donors (Lipinski definition) is 1. The number of nitrogens with one attached hydrogen (secondary N) is 1. The highest BCUT2D eigenvalue weighted by atomic mass is 16.5. The number of amides is 2. The zero-order chi connectivity index (χ0) is 15.2. The van der Waals surface area contributed by atoms with E-state index in [4.69, 9.17) is 4.74 Å². The Bertz CT molecular complexity index is 444. The summed E-state index contributed by atoms with van der Waals surface area (Å²) in [7, 11) is 1.76. The quantitative estimate of drug-likeness (QED) is 0.919. The van der Waals surface area contributed by atoms with Crippen LogP contribution < -0.4 is 5.32 Å². The minimum absolute atomic E-state index is 0.0764. The molecule has 2 rings (SSSR count). The van der Waals surface area contributed by atoms with Crippen LogP contribution in [0.15, 0.2) is 18.6 Å². The predicted octanol–water partition coefficient (Wildman–Crippen LogP) is 1.82. The van der Waals surface area contributed by atoms with E-state index >= 15 is 0 Å². The molecular weight excluding hydrogens is 268 g/mol. The molecule has 116 valence electrons. The van der Waals surface area contributed by atoms with Crippen molar-refractivity contribution in [1.82, 2.24) is 20.2 Å². The summed E-state index contributed by atoms with van der Waals surface area (Å²) in [5.41, 5.74) is 0.781. The van der Waals surface area contributed by atoms with Gasteiger partial charge in [-0.2, -0.15) is 0 Å². The third kappa shape index (κ3) is 4.97. The number of aromatic nitrogens is 2. The fourth-order valence-corrected chi connectivity index (χ4v) is 2.80. The maximum atomic E-state index is 12.1. The van der Waals surface area contributed by atoms with Crippen LogP contribution in [0.2, 0.25) is 0 Å². The molecule has 1 saturated heterocycles. The average Bonchev–Trinajstić information content (AvgIpc) is 2.44. The lowest BCUT2D eigenvalue weighted by Gasteiger charge is -2.32. The fourth-order valence-electron chi connectivity index (χ4n) is 2.80. The summed E-state index contributed by atoms with van der Waals surface area (Å²) in [6, 6.07) is -0.0764. The van der Waals surface area contributed by atoms with Crippen LogP contribution in [0, 0.1) is 5.92 Å². The molecule has 2 atom stereocenters. The van der Waals surface area contributed by atoms with E-state index in [-0.39, 0.29) is 18.2 Å². The van der Waals surface area contributed by atoms with Gasteiger partial charge in [-0.05, 0) is 32.6 Å². The first-order chi connectivity index (χ1) is 10.0.